The molecule has 0 bridgehead atoms. The zero-order chi connectivity index (χ0) is 12.0. The summed E-state index contributed by atoms with van der Waals surface area (Å²) in [6, 6.07) is 4.40. The lowest BCUT2D eigenvalue weighted by Gasteiger charge is -2.39. The molecule has 2 aliphatic rings. The van der Waals surface area contributed by atoms with E-state index in [-0.39, 0.29) is 30.0 Å². The minimum atomic E-state index is -0.309. The lowest BCUT2D eigenvalue weighted by molar-refractivity contribution is -0.143. The largest absolute Gasteiger partial charge is 0.334 e. The maximum absolute atomic E-state index is 13.3. The smallest absolute Gasteiger partial charge is 0.230 e. The van der Waals surface area contributed by atoms with E-state index in [2.05, 4.69) is 0 Å². The Hall–Kier alpha value is -1.71. The quantitative estimate of drug-likeness (QED) is 0.638. The summed E-state index contributed by atoms with van der Waals surface area (Å²) in [5.74, 6) is -0.481. The number of carbonyl (C=O) groups is 2. The van der Waals surface area contributed by atoms with E-state index in [1.165, 1.54) is 12.1 Å². The molecule has 0 aromatic heterocycles. The number of carbonyl (C=O) groups excluding carboxylic acids is 2. The van der Waals surface area contributed by atoms with Crippen LogP contribution >= 0.6 is 0 Å². The first-order valence-electron chi connectivity index (χ1n) is 5.74. The number of benzene rings is 1. The average Bonchev–Trinajstić information content (AvgIpc) is 2.28. The fourth-order valence-electron chi connectivity index (χ4n) is 2.74. The molecule has 3 rings (SSSR count). The van der Waals surface area contributed by atoms with Gasteiger partial charge in [-0.05, 0) is 29.7 Å². The molecule has 1 fully saturated rings. The summed E-state index contributed by atoms with van der Waals surface area (Å²) in [5.41, 5.74) is 1.85. The highest BCUT2D eigenvalue weighted by Crippen LogP contribution is 2.36. The first-order chi connectivity index (χ1) is 8.15. The Kier molecular flexibility index (Phi) is 2.24. The van der Waals surface area contributed by atoms with E-state index in [1.807, 2.05) is 0 Å². The van der Waals surface area contributed by atoms with Gasteiger partial charge in [-0.2, -0.15) is 0 Å². The standard InChI is InChI=1S/C13H12FNO2/c14-9-2-1-8-3-4-15-12(11(8)5-9)6-10(16)7-13(15)17/h1-2,5,12H,3-4,6-7H2. The molecule has 1 atom stereocenters. The Bertz CT molecular complexity index is 512. The number of ketones is 1. The van der Waals surface area contributed by atoms with E-state index < -0.39 is 0 Å². The van der Waals surface area contributed by atoms with Crippen molar-refractivity contribution in [3.8, 4) is 0 Å². The molecular formula is C13H12FNO2. The van der Waals surface area contributed by atoms with Crippen molar-refractivity contribution < 1.29 is 14.0 Å². The number of Topliss-reactive ketones (excluding diaryl/α,β-unsaturated/α-hetero) is 1. The van der Waals surface area contributed by atoms with Gasteiger partial charge in [0.1, 0.15) is 11.6 Å². The average molecular weight is 233 g/mol. The van der Waals surface area contributed by atoms with Crippen molar-refractivity contribution in [1.82, 2.24) is 4.90 Å². The van der Waals surface area contributed by atoms with Crippen molar-refractivity contribution in [2.45, 2.75) is 25.3 Å². The summed E-state index contributed by atoms with van der Waals surface area (Å²) in [4.78, 5) is 24.9. The van der Waals surface area contributed by atoms with Gasteiger partial charge in [0.15, 0.2) is 0 Å². The van der Waals surface area contributed by atoms with Crippen LogP contribution in [0.2, 0.25) is 0 Å². The predicted molar refractivity (Wildman–Crippen MR) is 58.8 cm³/mol. The van der Waals surface area contributed by atoms with Gasteiger partial charge in [-0.3, -0.25) is 9.59 Å². The molecule has 0 N–H and O–H groups in total. The summed E-state index contributed by atoms with van der Waals surface area (Å²) >= 11 is 0. The van der Waals surface area contributed by atoms with Crippen LogP contribution in [-0.4, -0.2) is 23.1 Å². The summed E-state index contributed by atoms with van der Waals surface area (Å²) < 4.78 is 13.3. The van der Waals surface area contributed by atoms with Crippen LogP contribution in [0.15, 0.2) is 18.2 Å². The lowest BCUT2D eigenvalue weighted by atomic mass is 9.86. The molecule has 1 unspecified atom stereocenters. The van der Waals surface area contributed by atoms with E-state index >= 15 is 0 Å². The fraction of sp³-hybridized carbons (Fsp3) is 0.385. The summed E-state index contributed by atoms with van der Waals surface area (Å²) in [6.45, 7) is 0.634. The van der Waals surface area contributed by atoms with Crippen LogP contribution in [0.5, 0.6) is 0 Å². The minimum absolute atomic E-state index is 0.00114. The monoisotopic (exact) mass is 233 g/mol. The second-order valence-corrected chi connectivity index (χ2v) is 4.62. The molecule has 1 aromatic rings. The molecule has 3 nitrogen and oxygen atoms in total. The molecule has 1 saturated heterocycles. The number of halogens is 1. The molecule has 1 amide bonds. The normalized spacial score (nSPS) is 23.4. The number of piperidine rings is 1. The highest BCUT2D eigenvalue weighted by molar-refractivity contribution is 6.01. The molecule has 0 saturated carbocycles. The van der Waals surface area contributed by atoms with Gasteiger partial charge in [0, 0.05) is 13.0 Å². The molecule has 0 aliphatic carbocycles. The summed E-state index contributed by atoms with van der Waals surface area (Å²) in [5, 5.41) is 0. The van der Waals surface area contributed by atoms with Crippen LogP contribution in [0.25, 0.3) is 0 Å². The van der Waals surface area contributed by atoms with Crippen molar-refractivity contribution in [1.29, 1.82) is 0 Å². The van der Waals surface area contributed by atoms with Crippen LogP contribution in [0.1, 0.15) is 30.0 Å². The molecule has 2 aliphatic heterocycles. The first-order valence-corrected chi connectivity index (χ1v) is 5.74. The van der Waals surface area contributed by atoms with Gasteiger partial charge in [0.2, 0.25) is 5.91 Å². The third kappa shape index (κ3) is 1.64. The maximum atomic E-state index is 13.3. The number of fused-ring (bicyclic) bond motifs is 3. The second kappa shape index (κ2) is 3.65. The molecule has 2 heterocycles. The number of amides is 1. The molecule has 0 spiro atoms. The van der Waals surface area contributed by atoms with Gasteiger partial charge in [-0.25, -0.2) is 4.39 Å². The van der Waals surface area contributed by atoms with Gasteiger partial charge in [0.25, 0.3) is 0 Å². The number of hydrogen-bond donors (Lipinski definition) is 0. The Labute approximate surface area is 98.2 Å². The minimum Gasteiger partial charge on any atom is -0.334 e. The molecule has 1 aromatic carbocycles. The van der Waals surface area contributed by atoms with E-state index in [4.69, 9.17) is 0 Å². The highest BCUT2D eigenvalue weighted by Gasteiger charge is 2.37. The molecule has 17 heavy (non-hydrogen) atoms. The Balaban J connectivity index is 2.06. The van der Waals surface area contributed by atoms with Crippen LogP contribution < -0.4 is 0 Å². The highest BCUT2D eigenvalue weighted by atomic mass is 19.1. The predicted octanol–water partition coefficient (Wildman–Crippen LogP) is 1.61. The van der Waals surface area contributed by atoms with Crippen LogP contribution in [0, 0.1) is 5.82 Å². The lowest BCUT2D eigenvalue weighted by Crippen LogP contribution is -2.45. The summed E-state index contributed by atoms with van der Waals surface area (Å²) in [7, 11) is 0. The van der Waals surface area contributed by atoms with Crippen LogP contribution in [0.3, 0.4) is 0 Å². The fourth-order valence-corrected chi connectivity index (χ4v) is 2.74. The SMILES string of the molecule is O=C1CC(=O)N2CCc3ccc(F)cc3C2C1. The van der Waals surface area contributed by atoms with Gasteiger partial charge >= 0.3 is 0 Å². The van der Waals surface area contributed by atoms with Gasteiger partial charge in [-0.15, -0.1) is 0 Å². The zero-order valence-electron chi connectivity index (χ0n) is 9.28. The second-order valence-electron chi connectivity index (χ2n) is 4.62. The topological polar surface area (TPSA) is 37.4 Å². The maximum Gasteiger partial charge on any atom is 0.230 e. The van der Waals surface area contributed by atoms with Crippen molar-refractivity contribution >= 4 is 11.7 Å². The molecule has 0 radical (unpaired) electrons. The van der Waals surface area contributed by atoms with E-state index in [1.54, 1.807) is 11.0 Å². The van der Waals surface area contributed by atoms with Gasteiger partial charge in [-0.1, -0.05) is 6.07 Å². The molecule has 88 valence electrons. The van der Waals surface area contributed by atoms with Crippen molar-refractivity contribution in [3.63, 3.8) is 0 Å². The third-order valence-corrected chi connectivity index (χ3v) is 3.55. The van der Waals surface area contributed by atoms with Crippen molar-refractivity contribution in [3.05, 3.63) is 35.1 Å². The van der Waals surface area contributed by atoms with Gasteiger partial charge in [0.05, 0.1) is 12.5 Å². The zero-order valence-corrected chi connectivity index (χ0v) is 9.28. The first kappa shape index (κ1) is 10.4. The Morgan fingerprint density at radius 1 is 1.29 bits per heavy atom. The van der Waals surface area contributed by atoms with Gasteiger partial charge < -0.3 is 4.90 Å². The van der Waals surface area contributed by atoms with Crippen molar-refractivity contribution in [2.75, 3.05) is 6.54 Å². The van der Waals surface area contributed by atoms with Crippen LogP contribution in [-0.2, 0) is 16.0 Å². The van der Waals surface area contributed by atoms with Crippen molar-refractivity contribution in [2.24, 2.45) is 0 Å². The summed E-state index contributed by atoms with van der Waals surface area (Å²) in [6.07, 6.45) is 1.06. The number of hydrogen-bond acceptors (Lipinski definition) is 2. The molecular weight excluding hydrogens is 221 g/mol. The van der Waals surface area contributed by atoms with E-state index in [0.29, 0.717) is 13.0 Å². The van der Waals surface area contributed by atoms with Crippen LogP contribution in [0.4, 0.5) is 4.39 Å². The Morgan fingerprint density at radius 3 is 2.94 bits per heavy atom. The molecule has 4 heteroatoms. The van der Waals surface area contributed by atoms with E-state index in [0.717, 1.165) is 17.5 Å². The number of nitrogens with zero attached hydrogens (tertiary/aromatic N) is 1. The van der Waals surface area contributed by atoms with E-state index in [9.17, 15) is 14.0 Å². The Morgan fingerprint density at radius 2 is 2.12 bits per heavy atom. The third-order valence-electron chi connectivity index (χ3n) is 3.55. The number of rotatable bonds is 0.